The quantitative estimate of drug-likeness (QED) is 0.834. The molecule has 0 amide bonds. The van der Waals surface area contributed by atoms with E-state index in [1.807, 2.05) is 17.5 Å². The topological polar surface area (TPSA) is 85.2 Å². The smallest absolute Gasteiger partial charge is 0.246 e. The predicted octanol–water partition coefficient (Wildman–Crippen LogP) is 1.10. The second-order valence-corrected chi connectivity index (χ2v) is 4.60. The first kappa shape index (κ1) is 11.3. The van der Waals surface area contributed by atoms with Gasteiger partial charge in [0.15, 0.2) is 5.82 Å². The number of thiophene rings is 1. The molecule has 0 aromatic carbocycles. The Morgan fingerprint density at radius 1 is 1.62 bits per heavy atom. The van der Waals surface area contributed by atoms with Crippen LogP contribution in [0.3, 0.4) is 0 Å². The normalized spacial score (nSPS) is 14.9. The van der Waals surface area contributed by atoms with Crippen molar-refractivity contribution in [3.63, 3.8) is 0 Å². The fourth-order valence-electron chi connectivity index (χ4n) is 1.25. The van der Waals surface area contributed by atoms with E-state index >= 15 is 0 Å². The first-order valence-electron chi connectivity index (χ1n) is 4.95. The van der Waals surface area contributed by atoms with Crippen molar-refractivity contribution < 1.29 is 9.63 Å². The largest absolute Gasteiger partial charge is 0.391 e. The summed E-state index contributed by atoms with van der Waals surface area (Å²) >= 11 is 1.64. The van der Waals surface area contributed by atoms with Gasteiger partial charge in [-0.15, -0.1) is 11.3 Å². The van der Waals surface area contributed by atoms with E-state index in [4.69, 9.17) is 10.3 Å². The van der Waals surface area contributed by atoms with Gasteiger partial charge >= 0.3 is 0 Å². The third kappa shape index (κ3) is 2.46. The minimum atomic E-state index is -0.699. The third-order valence-corrected chi connectivity index (χ3v) is 3.08. The minimum absolute atomic E-state index is 0.279. The molecule has 0 spiro atoms. The predicted molar refractivity (Wildman–Crippen MR) is 60.0 cm³/mol. The summed E-state index contributed by atoms with van der Waals surface area (Å²) in [6.07, 6.45) is -0.0664. The number of aliphatic hydroxyl groups excluding tert-OH is 1. The van der Waals surface area contributed by atoms with E-state index in [0.717, 1.165) is 4.88 Å². The fraction of sp³-hybridized carbons (Fsp3) is 0.400. The van der Waals surface area contributed by atoms with Gasteiger partial charge in [-0.2, -0.15) is 4.98 Å². The van der Waals surface area contributed by atoms with Crippen LogP contribution in [0.4, 0.5) is 0 Å². The number of nitrogens with zero attached hydrogens (tertiary/aromatic N) is 2. The zero-order valence-electron chi connectivity index (χ0n) is 8.83. The highest BCUT2D eigenvalue weighted by molar-refractivity contribution is 7.09. The maximum absolute atomic E-state index is 9.29. The van der Waals surface area contributed by atoms with Crippen LogP contribution in [0.15, 0.2) is 22.0 Å². The zero-order chi connectivity index (χ0) is 11.5. The Bertz CT molecular complexity index is 439. The highest BCUT2D eigenvalue weighted by Crippen LogP contribution is 2.15. The minimum Gasteiger partial charge on any atom is -0.391 e. The first-order valence-corrected chi connectivity index (χ1v) is 5.83. The molecule has 16 heavy (non-hydrogen) atoms. The Labute approximate surface area is 96.9 Å². The van der Waals surface area contributed by atoms with Crippen molar-refractivity contribution in [3.05, 3.63) is 34.1 Å². The molecule has 0 aliphatic rings. The Morgan fingerprint density at radius 3 is 3.06 bits per heavy atom. The van der Waals surface area contributed by atoms with Crippen LogP contribution in [0.25, 0.3) is 0 Å². The first-order chi connectivity index (χ1) is 7.66. The molecule has 2 heterocycles. The maximum Gasteiger partial charge on any atom is 0.246 e. The molecule has 0 radical (unpaired) electrons. The number of rotatable bonds is 4. The average Bonchev–Trinajstić information content (AvgIpc) is 2.88. The molecule has 2 aromatic heterocycles. The summed E-state index contributed by atoms with van der Waals surface area (Å²) in [4.78, 5) is 5.31. The molecule has 2 aromatic rings. The Morgan fingerprint density at radius 2 is 2.44 bits per heavy atom. The van der Waals surface area contributed by atoms with E-state index in [2.05, 4.69) is 10.1 Å². The summed E-state index contributed by atoms with van der Waals surface area (Å²) in [5.41, 5.74) is 5.68. The van der Waals surface area contributed by atoms with Gasteiger partial charge < -0.3 is 15.4 Å². The number of hydrogen-bond donors (Lipinski definition) is 2. The van der Waals surface area contributed by atoms with Crippen LogP contribution in [0.2, 0.25) is 0 Å². The van der Waals surface area contributed by atoms with Crippen LogP contribution in [-0.2, 0) is 6.42 Å². The number of nitrogens with two attached hydrogens (primary N) is 1. The lowest BCUT2D eigenvalue weighted by atomic mass is 10.2. The van der Waals surface area contributed by atoms with Gasteiger partial charge in [0.05, 0.1) is 6.10 Å². The Balaban J connectivity index is 2.08. The third-order valence-electron chi connectivity index (χ3n) is 2.20. The highest BCUT2D eigenvalue weighted by atomic mass is 32.1. The number of hydrogen-bond acceptors (Lipinski definition) is 6. The van der Waals surface area contributed by atoms with E-state index in [0.29, 0.717) is 12.2 Å². The molecular formula is C10H13N3O2S. The lowest BCUT2D eigenvalue weighted by Crippen LogP contribution is -2.23. The summed E-state index contributed by atoms with van der Waals surface area (Å²) in [7, 11) is 0. The summed E-state index contributed by atoms with van der Waals surface area (Å²) in [6.45, 7) is 1.59. The average molecular weight is 239 g/mol. The van der Waals surface area contributed by atoms with E-state index in [1.54, 1.807) is 18.3 Å². The lowest BCUT2D eigenvalue weighted by Gasteiger charge is -2.08. The van der Waals surface area contributed by atoms with E-state index < -0.39 is 12.1 Å². The van der Waals surface area contributed by atoms with Crippen molar-refractivity contribution >= 4 is 11.3 Å². The number of aliphatic hydroxyl groups is 1. The van der Waals surface area contributed by atoms with E-state index in [-0.39, 0.29) is 5.89 Å². The second-order valence-electron chi connectivity index (χ2n) is 3.57. The van der Waals surface area contributed by atoms with E-state index in [9.17, 15) is 5.11 Å². The molecule has 0 aliphatic carbocycles. The molecule has 0 aliphatic heterocycles. The molecule has 86 valence electrons. The van der Waals surface area contributed by atoms with Gasteiger partial charge in [-0.05, 0) is 18.4 Å². The van der Waals surface area contributed by atoms with Gasteiger partial charge in [0.25, 0.3) is 0 Å². The van der Waals surface area contributed by atoms with Gasteiger partial charge in [-0.25, -0.2) is 0 Å². The van der Waals surface area contributed by atoms with Crippen LogP contribution in [0.5, 0.6) is 0 Å². The molecular weight excluding hydrogens is 226 g/mol. The van der Waals surface area contributed by atoms with Crippen LogP contribution in [0.1, 0.15) is 29.6 Å². The van der Waals surface area contributed by atoms with Gasteiger partial charge in [0, 0.05) is 11.3 Å². The van der Waals surface area contributed by atoms with Crippen LogP contribution in [0, 0.1) is 0 Å². The second kappa shape index (κ2) is 4.73. The fourth-order valence-corrected chi connectivity index (χ4v) is 1.95. The van der Waals surface area contributed by atoms with Gasteiger partial charge in [0.1, 0.15) is 6.04 Å². The lowest BCUT2D eigenvalue weighted by molar-refractivity contribution is 0.146. The van der Waals surface area contributed by atoms with Crippen LogP contribution in [-0.4, -0.2) is 21.4 Å². The molecule has 3 N–H and O–H groups in total. The summed E-state index contributed by atoms with van der Waals surface area (Å²) in [5, 5.41) is 15.1. The van der Waals surface area contributed by atoms with Crippen LogP contribution >= 0.6 is 11.3 Å². The SMILES string of the molecule is CC(O)C(N)c1nc(Cc2cccs2)no1. The molecule has 2 unspecified atom stereocenters. The molecule has 0 fully saturated rings. The molecule has 0 saturated heterocycles. The highest BCUT2D eigenvalue weighted by Gasteiger charge is 2.19. The number of aromatic nitrogens is 2. The van der Waals surface area contributed by atoms with Crippen molar-refractivity contribution in [2.45, 2.75) is 25.5 Å². The van der Waals surface area contributed by atoms with Crippen LogP contribution < -0.4 is 5.73 Å². The summed E-state index contributed by atoms with van der Waals surface area (Å²) < 4.78 is 5.00. The van der Waals surface area contributed by atoms with Gasteiger partial charge in [-0.3, -0.25) is 0 Å². The molecule has 5 nitrogen and oxygen atoms in total. The van der Waals surface area contributed by atoms with Crippen molar-refractivity contribution in [1.82, 2.24) is 10.1 Å². The molecule has 2 rings (SSSR count). The van der Waals surface area contributed by atoms with Crippen molar-refractivity contribution in [3.8, 4) is 0 Å². The van der Waals surface area contributed by atoms with Crippen molar-refractivity contribution in [2.75, 3.05) is 0 Å². The molecule has 2 atom stereocenters. The Kier molecular flexibility index (Phi) is 3.33. The van der Waals surface area contributed by atoms with Crippen molar-refractivity contribution in [2.24, 2.45) is 5.73 Å². The molecule has 6 heteroatoms. The van der Waals surface area contributed by atoms with E-state index in [1.165, 1.54) is 0 Å². The maximum atomic E-state index is 9.29. The summed E-state index contributed by atoms with van der Waals surface area (Å²) in [6, 6.07) is 3.36. The monoisotopic (exact) mass is 239 g/mol. The van der Waals surface area contributed by atoms with Gasteiger partial charge in [0.2, 0.25) is 5.89 Å². The summed E-state index contributed by atoms with van der Waals surface area (Å²) in [5.74, 6) is 0.870. The molecule has 0 bridgehead atoms. The van der Waals surface area contributed by atoms with Crippen molar-refractivity contribution in [1.29, 1.82) is 0 Å². The molecule has 0 saturated carbocycles. The Hall–Kier alpha value is -1.24. The zero-order valence-corrected chi connectivity index (χ0v) is 9.65. The van der Waals surface area contributed by atoms with Gasteiger partial charge in [-0.1, -0.05) is 11.2 Å². The standard InChI is InChI=1S/C10H13N3O2S/c1-6(14)9(11)10-12-8(13-15-10)5-7-3-2-4-16-7/h2-4,6,9,14H,5,11H2,1H3.